The lowest BCUT2D eigenvalue weighted by Gasteiger charge is -0.00100. The molecule has 0 aliphatic heterocycles. The van der Waals surface area contributed by atoms with Crippen LogP contribution in [0.3, 0.4) is 0 Å². The molecule has 4 heavy (non-hydrogen) atoms. The van der Waals surface area contributed by atoms with Crippen LogP contribution in [0.1, 0.15) is 0 Å². The van der Waals surface area contributed by atoms with Crippen LogP contribution in [-0.2, 0) is 0 Å². The monoisotopic (exact) mass is 84.0 g/mol. The summed E-state index contributed by atoms with van der Waals surface area (Å²) in [7, 11) is 0. The molecule has 14 radical (unpaired) electrons. The van der Waals surface area contributed by atoms with Crippen molar-refractivity contribution >= 4 is 21.9 Å². The highest BCUT2D eigenvalue weighted by Gasteiger charge is 0.00300. The summed E-state index contributed by atoms with van der Waals surface area (Å²) in [6.45, 7) is 0. The molecule has 0 N–H and O–H groups in total. The maximum atomic E-state index is 0. The molecule has 0 fully saturated rings. The summed E-state index contributed by atoms with van der Waals surface area (Å²) in [4.78, 5) is 0. The second kappa shape index (κ2) is 148. The summed E-state index contributed by atoms with van der Waals surface area (Å²) in [5.41, 5.74) is 0. The summed E-state index contributed by atoms with van der Waals surface area (Å²) in [6, 6.07) is 0. The molecule has 0 aliphatic rings. The Morgan fingerprint density at radius 1 is 0.500 bits per heavy atom. The quantitative estimate of drug-likeness (QED) is 0.313. The van der Waals surface area contributed by atoms with Gasteiger partial charge < -0.3 is 0 Å². The Morgan fingerprint density at radius 3 is 0.500 bits per heavy atom. The van der Waals surface area contributed by atoms with Gasteiger partial charge in [0, 0.05) is 34.2 Å². The summed E-state index contributed by atoms with van der Waals surface area (Å²) in [5.74, 6) is 0. The average Bonchev–Trinajstić information content (AvgIpc) is 0. The van der Waals surface area contributed by atoms with Crippen molar-refractivity contribution in [3.05, 3.63) is 0 Å². The van der Waals surface area contributed by atoms with Gasteiger partial charge >= 0.3 is 0 Å². The largest absolute Gasteiger partial charge is 0 e. The molecule has 0 bridgehead atoms. The molecule has 0 unspecified atom stereocenters. The Labute approximate surface area is 35.2 Å². The minimum atomic E-state index is 0. The minimum Gasteiger partial charge on any atom is 0 e. The van der Waals surface area contributed by atoms with E-state index in [1.807, 2.05) is 0 Å². The van der Waals surface area contributed by atoms with Crippen molar-refractivity contribution in [3.63, 3.8) is 0 Å². The SMILES string of the molecule is [N].[N].[Si].[Si]. The van der Waals surface area contributed by atoms with Crippen LogP contribution in [-0.4, -0.2) is 21.9 Å². The third kappa shape index (κ3) is 34.5. The number of nitrogens with zero attached hydrogens (tertiary/aromatic N) is 2. The molecule has 2 nitrogen and oxygen atoms in total. The Hall–Kier alpha value is 0.354. The molecule has 0 saturated heterocycles. The second-order valence-corrected chi connectivity index (χ2v) is 0. The first kappa shape index (κ1) is 391. The van der Waals surface area contributed by atoms with Gasteiger partial charge in [-0.2, -0.15) is 0 Å². The molecule has 4 heteroatoms. The Balaban J connectivity index is 0. The maximum Gasteiger partial charge on any atom is 0 e. The standard InChI is InChI=1S/2N.2Si. The van der Waals surface area contributed by atoms with Crippen molar-refractivity contribution in [3.8, 4) is 0 Å². The molecule has 0 rings (SSSR count). The van der Waals surface area contributed by atoms with E-state index in [0.29, 0.717) is 0 Å². The molecule has 0 heterocycles. The highest BCUT2D eigenvalue weighted by Crippen LogP contribution is -0.380. The number of rotatable bonds is 0. The van der Waals surface area contributed by atoms with E-state index in [4.69, 9.17) is 0 Å². The van der Waals surface area contributed by atoms with Gasteiger partial charge in [0.15, 0.2) is 0 Å². The molecular weight excluding hydrogens is 84.2 g/mol. The zero-order valence-corrected chi connectivity index (χ0v) is 3.89. The molecule has 0 aromatic rings. The average molecular weight is 84.2 g/mol. The van der Waals surface area contributed by atoms with E-state index < -0.39 is 0 Å². The first-order chi connectivity index (χ1) is 0. The molecule has 18 valence electrons. The van der Waals surface area contributed by atoms with Crippen LogP contribution in [0.4, 0.5) is 0 Å². The van der Waals surface area contributed by atoms with Crippen LogP contribution in [0.5, 0.6) is 0 Å². The highest BCUT2D eigenvalue weighted by atomic mass is 28.1. The van der Waals surface area contributed by atoms with E-state index in [1.54, 1.807) is 0 Å². The van der Waals surface area contributed by atoms with Gasteiger partial charge in [-0.3, -0.25) is 0 Å². The zero-order valence-electron chi connectivity index (χ0n) is 1.89. The predicted octanol–water partition coefficient (Wildman–Crippen LogP) is -1.72. The van der Waals surface area contributed by atoms with Crippen LogP contribution >= 0.6 is 0 Å². The summed E-state index contributed by atoms with van der Waals surface area (Å²) >= 11 is 0. The van der Waals surface area contributed by atoms with Gasteiger partial charge in [-0.1, -0.05) is 0 Å². The van der Waals surface area contributed by atoms with Gasteiger partial charge in [-0.15, -0.1) is 0 Å². The summed E-state index contributed by atoms with van der Waals surface area (Å²) < 4.78 is 0. The van der Waals surface area contributed by atoms with E-state index in [-0.39, 0.29) is 34.2 Å². The number of hydrogen-bond donors (Lipinski definition) is 0. The van der Waals surface area contributed by atoms with Crippen molar-refractivity contribution in [2.24, 2.45) is 0 Å². The topological polar surface area (TPSA) is 61.0 Å². The van der Waals surface area contributed by atoms with Gasteiger partial charge in [0.25, 0.3) is 0 Å². The van der Waals surface area contributed by atoms with Crippen LogP contribution in [0.2, 0.25) is 0 Å². The van der Waals surface area contributed by atoms with Crippen LogP contribution in [0.15, 0.2) is 0 Å². The highest BCUT2D eigenvalue weighted by molar-refractivity contribution is 5.76. The molecule has 0 saturated carbocycles. The molecular formula is N2Si2. The van der Waals surface area contributed by atoms with Crippen molar-refractivity contribution in [2.75, 3.05) is 0 Å². The smallest absolute Gasteiger partial charge is 0 e. The van der Waals surface area contributed by atoms with Gasteiger partial charge in [0.05, 0.1) is 0 Å². The third-order valence-electron chi connectivity index (χ3n) is 0. The fourth-order valence-corrected chi connectivity index (χ4v) is 0. The van der Waals surface area contributed by atoms with Crippen LogP contribution in [0.25, 0.3) is 0 Å². The van der Waals surface area contributed by atoms with E-state index in [0.717, 1.165) is 0 Å². The normalized spacial score (nSPS) is 0. The molecule has 0 amide bonds. The molecule has 0 aromatic carbocycles. The fraction of sp³-hybridized carbons (Fsp3) is 0. The fourth-order valence-electron chi connectivity index (χ4n) is 0. The Bertz CT molecular complexity index is 4.00. The summed E-state index contributed by atoms with van der Waals surface area (Å²) in [6.07, 6.45) is 0. The molecule has 0 aliphatic carbocycles. The lowest BCUT2D eigenvalue weighted by Crippen LogP contribution is -0.482. The van der Waals surface area contributed by atoms with E-state index >= 15 is 0 Å². The lowest BCUT2D eigenvalue weighted by molar-refractivity contribution is 2.13. The first-order valence-electron chi connectivity index (χ1n) is 0. The van der Waals surface area contributed by atoms with E-state index in [1.165, 1.54) is 0 Å². The minimum absolute atomic E-state index is 0. The van der Waals surface area contributed by atoms with Crippen LogP contribution < -0.4 is 12.3 Å². The zero-order chi connectivity index (χ0) is 0. The van der Waals surface area contributed by atoms with Crippen LogP contribution in [0, 0.1) is 0 Å². The van der Waals surface area contributed by atoms with Gasteiger partial charge in [0.2, 0.25) is 0 Å². The predicted molar refractivity (Wildman–Crippen MR) is 15.8 cm³/mol. The van der Waals surface area contributed by atoms with Crippen molar-refractivity contribution in [1.82, 2.24) is 12.3 Å². The van der Waals surface area contributed by atoms with Gasteiger partial charge in [0.1, 0.15) is 0 Å². The molecule has 0 atom stereocenters. The van der Waals surface area contributed by atoms with Gasteiger partial charge in [-0.25, -0.2) is 0 Å². The maximum absolute atomic E-state index is 0. The first-order valence-corrected chi connectivity index (χ1v) is 0. The molecule has 0 aromatic heterocycles. The van der Waals surface area contributed by atoms with E-state index in [2.05, 4.69) is 0 Å². The summed E-state index contributed by atoms with van der Waals surface area (Å²) in [5, 5.41) is 0. The third-order valence-corrected chi connectivity index (χ3v) is 0. The molecule has 0 spiro atoms. The van der Waals surface area contributed by atoms with Gasteiger partial charge in [-0.05, 0) is 0 Å². The van der Waals surface area contributed by atoms with Crippen molar-refractivity contribution in [1.29, 1.82) is 0 Å². The number of hydrogen-bond acceptors (Lipinski definition) is 0. The Kier molecular flexibility index (Phi) is 14500. The second-order valence-electron chi connectivity index (χ2n) is 0. The van der Waals surface area contributed by atoms with E-state index in [9.17, 15) is 0 Å². The van der Waals surface area contributed by atoms with Crippen molar-refractivity contribution in [2.45, 2.75) is 0 Å². The lowest BCUT2D eigenvalue weighted by atomic mass is 14.0. The van der Waals surface area contributed by atoms with Crippen molar-refractivity contribution < 1.29 is 0 Å². The Morgan fingerprint density at radius 2 is 0.500 bits per heavy atom.